The van der Waals surface area contributed by atoms with Gasteiger partial charge in [0.25, 0.3) is 0 Å². The van der Waals surface area contributed by atoms with E-state index in [-0.39, 0.29) is 0 Å². The predicted molar refractivity (Wildman–Crippen MR) is 61.7 cm³/mol. The normalized spacial score (nSPS) is 18.9. The first-order valence-corrected chi connectivity index (χ1v) is 6.16. The standard InChI is InChI=1S/C12H21N3/c1-2-4-7-12(6-3-1)13-9-11-15-10-5-8-14-15/h5,8,10,12-13H,1-4,6-7,9,11H2. The Morgan fingerprint density at radius 1 is 1.20 bits per heavy atom. The molecule has 1 saturated carbocycles. The van der Waals surface area contributed by atoms with Crippen molar-refractivity contribution in [2.24, 2.45) is 0 Å². The average Bonchev–Trinajstić information content (AvgIpc) is 2.62. The molecular weight excluding hydrogens is 186 g/mol. The number of aromatic nitrogens is 2. The van der Waals surface area contributed by atoms with Crippen LogP contribution in [-0.4, -0.2) is 22.4 Å². The maximum atomic E-state index is 4.19. The van der Waals surface area contributed by atoms with Gasteiger partial charge < -0.3 is 5.32 Å². The van der Waals surface area contributed by atoms with Gasteiger partial charge in [0.1, 0.15) is 0 Å². The molecule has 2 rings (SSSR count). The summed E-state index contributed by atoms with van der Waals surface area (Å²) in [4.78, 5) is 0. The molecule has 3 heteroatoms. The van der Waals surface area contributed by atoms with Crippen LogP contribution in [0.1, 0.15) is 38.5 Å². The molecule has 0 bridgehead atoms. The summed E-state index contributed by atoms with van der Waals surface area (Å²) in [5, 5.41) is 7.83. The lowest BCUT2D eigenvalue weighted by molar-refractivity contribution is 0.436. The molecule has 0 aromatic carbocycles. The molecule has 15 heavy (non-hydrogen) atoms. The van der Waals surface area contributed by atoms with E-state index in [9.17, 15) is 0 Å². The summed E-state index contributed by atoms with van der Waals surface area (Å²) >= 11 is 0. The monoisotopic (exact) mass is 207 g/mol. The summed E-state index contributed by atoms with van der Waals surface area (Å²) < 4.78 is 1.99. The van der Waals surface area contributed by atoms with E-state index in [1.165, 1.54) is 38.5 Å². The maximum absolute atomic E-state index is 4.19. The average molecular weight is 207 g/mol. The summed E-state index contributed by atoms with van der Waals surface area (Å²) in [6, 6.07) is 2.73. The van der Waals surface area contributed by atoms with Crippen molar-refractivity contribution in [1.82, 2.24) is 15.1 Å². The highest BCUT2D eigenvalue weighted by Gasteiger charge is 2.10. The third-order valence-electron chi connectivity index (χ3n) is 3.19. The Labute approximate surface area is 91.9 Å². The highest BCUT2D eigenvalue weighted by atomic mass is 15.3. The molecule has 1 N–H and O–H groups in total. The molecule has 1 fully saturated rings. The van der Waals surface area contributed by atoms with Gasteiger partial charge in [0.15, 0.2) is 0 Å². The molecule has 0 spiro atoms. The third kappa shape index (κ3) is 3.67. The van der Waals surface area contributed by atoms with Crippen LogP contribution in [0, 0.1) is 0 Å². The van der Waals surface area contributed by atoms with Crippen molar-refractivity contribution in [3.8, 4) is 0 Å². The van der Waals surface area contributed by atoms with E-state index in [2.05, 4.69) is 10.4 Å². The van der Waals surface area contributed by atoms with Gasteiger partial charge in [-0.3, -0.25) is 4.68 Å². The fourth-order valence-corrected chi connectivity index (χ4v) is 2.30. The second-order valence-corrected chi connectivity index (χ2v) is 4.41. The van der Waals surface area contributed by atoms with Gasteiger partial charge in [0, 0.05) is 25.0 Å². The van der Waals surface area contributed by atoms with Crippen LogP contribution in [0.15, 0.2) is 18.5 Å². The van der Waals surface area contributed by atoms with E-state index in [0.717, 1.165) is 19.1 Å². The van der Waals surface area contributed by atoms with E-state index >= 15 is 0 Å². The van der Waals surface area contributed by atoms with E-state index in [4.69, 9.17) is 0 Å². The van der Waals surface area contributed by atoms with Crippen molar-refractivity contribution in [2.75, 3.05) is 6.54 Å². The first-order valence-electron chi connectivity index (χ1n) is 6.16. The summed E-state index contributed by atoms with van der Waals surface area (Å²) in [7, 11) is 0. The second kappa shape index (κ2) is 5.91. The van der Waals surface area contributed by atoms with Gasteiger partial charge in [-0.2, -0.15) is 5.10 Å². The molecule has 1 aromatic rings. The molecule has 0 radical (unpaired) electrons. The van der Waals surface area contributed by atoms with E-state index in [1.54, 1.807) is 0 Å². The lowest BCUT2D eigenvalue weighted by Gasteiger charge is -2.15. The van der Waals surface area contributed by atoms with E-state index in [0.29, 0.717) is 0 Å². The molecule has 84 valence electrons. The number of nitrogens with zero attached hydrogens (tertiary/aromatic N) is 2. The number of nitrogens with one attached hydrogen (secondary N) is 1. The minimum Gasteiger partial charge on any atom is -0.312 e. The molecule has 1 aliphatic carbocycles. The number of hydrogen-bond donors (Lipinski definition) is 1. The van der Waals surface area contributed by atoms with Crippen molar-refractivity contribution in [3.05, 3.63) is 18.5 Å². The van der Waals surface area contributed by atoms with Gasteiger partial charge >= 0.3 is 0 Å². The zero-order valence-corrected chi connectivity index (χ0v) is 9.36. The summed E-state index contributed by atoms with van der Waals surface area (Å²) in [5.74, 6) is 0. The largest absolute Gasteiger partial charge is 0.312 e. The van der Waals surface area contributed by atoms with Crippen molar-refractivity contribution in [2.45, 2.75) is 51.1 Å². The number of hydrogen-bond acceptors (Lipinski definition) is 2. The van der Waals surface area contributed by atoms with Crippen molar-refractivity contribution in [1.29, 1.82) is 0 Å². The highest BCUT2D eigenvalue weighted by Crippen LogP contribution is 2.16. The van der Waals surface area contributed by atoms with Gasteiger partial charge in [-0.1, -0.05) is 25.7 Å². The first kappa shape index (κ1) is 10.7. The van der Waals surface area contributed by atoms with Crippen LogP contribution in [-0.2, 0) is 6.54 Å². The Bertz CT molecular complexity index is 248. The van der Waals surface area contributed by atoms with Crippen LogP contribution in [0.2, 0.25) is 0 Å². The number of rotatable bonds is 4. The van der Waals surface area contributed by atoms with Crippen LogP contribution in [0.25, 0.3) is 0 Å². The SMILES string of the molecule is c1cnn(CCNC2CCCCCC2)c1. The molecule has 1 heterocycles. The van der Waals surface area contributed by atoms with Gasteiger partial charge in [-0.15, -0.1) is 0 Å². The Morgan fingerprint density at radius 3 is 2.67 bits per heavy atom. The van der Waals surface area contributed by atoms with E-state index < -0.39 is 0 Å². The van der Waals surface area contributed by atoms with Gasteiger partial charge in [-0.25, -0.2) is 0 Å². The lowest BCUT2D eigenvalue weighted by atomic mass is 10.1. The van der Waals surface area contributed by atoms with E-state index in [1.807, 2.05) is 23.1 Å². The smallest absolute Gasteiger partial charge is 0.0534 e. The van der Waals surface area contributed by atoms with Gasteiger partial charge in [-0.05, 0) is 18.9 Å². The maximum Gasteiger partial charge on any atom is 0.0534 e. The van der Waals surface area contributed by atoms with Crippen LogP contribution in [0.3, 0.4) is 0 Å². The molecule has 0 atom stereocenters. The quantitative estimate of drug-likeness (QED) is 0.767. The van der Waals surface area contributed by atoms with Crippen LogP contribution in [0.4, 0.5) is 0 Å². The van der Waals surface area contributed by atoms with Crippen molar-refractivity contribution in [3.63, 3.8) is 0 Å². The Balaban J connectivity index is 1.64. The predicted octanol–water partition coefficient (Wildman–Crippen LogP) is 2.20. The highest BCUT2D eigenvalue weighted by molar-refractivity contribution is 4.78. The van der Waals surface area contributed by atoms with Crippen LogP contribution in [0.5, 0.6) is 0 Å². The van der Waals surface area contributed by atoms with Gasteiger partial charge in [0.2, 0.25) is 0 Å². The molecule has 0 unspecified atom stereocenters. The summed E-state index contributed by atoms with van der Waals surface area (Å²) in [5.41, 5.74) is 0. The van der Waals surface area contributed by atoms with Crippen LogP contribution >= 0.6 is 0 Å². The van der Waals surface area contributed by atoms with Crippen molar-refractivity contribution >= 4 is 0 Å². The Kier molecular flexibility index (Phi) is 4.21. The zero-order valence-electron chi connectivity index (χ0n) is 9.36. The van der Waals surface area contributed by atoms with Crippen molar-refractivity contribution < 1.29 is 0 Å². The first-order chi connectivity index (χ1) is 7.45. The summed E-state index contributed by atoms with van der Waals surface area (Å²) in [6.45, 7) is 2.04. The third-order valence-corrected chi connectivity index (χ3v) is 3.19. The topological polar surface area (TPSA) is 29.9 Å². The molecule has 1 aliphatic rings. The molecule has 0 amide bonds. The van der Waals surface area contributed by atoms with Gasteiger partial charge in [0.05, 0.1) is 6.54 Å². The van der Waals surface area contributed by atoms with Crippen LogP contribution < -0.4 is 5.32 Å². The molecule has 1 aromatic heterocycles. The zero-order chi connectivity index (χ0) is 10.3. The minimum absolute atomic E-state index is 0.753. The summed E-state index contributed by atoms with van der Waals surface area (Å²) in [6.07, 6.45) is 12.2. The molecule has 0 aliphatic heterocycles. The minimum atomic E-state index is 0.753. The molecule has 3 nitrogen and oxygen atoms in total. The molecular formula is C12H21N3. The molecule has 0 saturated heterocycles. The Morgan fingerprint density at radius 2 is 2.00 bits per heavy atom. The second-order valence-electron chi connectivity index (χ2n) is 4.41. The Hall–Kier alpha value is -0.830. The fourth-order valence-electron chi connectivity index (χ4n) is 2.30. The lowest BCUT2D eigenvalue weighted by Crippen LogP contribution is -2.31. The fraction of sp³-hybridized carbons (Fsp3) is 0.750.